The smallest absolute Gasteiger partial charge is 0.240 e. The number of nitrogen functional groups attached to an aromatic ring is 1. The SMILES string of the molecule is Cc1ccc(S(=O)(=O)NCC2CCN(C(C)C)C2)cc1N. The van der Waals surface area contributed by atoms with Crippen molar-refractivity contribution in [3.63, 3.8) is 0 Å². The fourth-order valence-corrected chi connectivity index (χ4v) is 3.75. The van der Waals surface area contributed by atoms with Crippen LogP contribution in [0.5, 0.6) is 0 Å². The molecule has 1 saturated heterocycles. The fourth-order valence-electron chi connectivity index (χ4n) is 2.59. The summed E-state index contributed by atoms with van der Waals surface area (Å²) in [6.07, 6.45) is 1.04. The third-order valence-corrected chi connectivity index (χ3v) is 5.59. The zero-order chi connectivity index (χ0) is 15.6. The standard InChI is InChI=1S/C15H25N3O2S/c1-11(2)18-7-6-13(10-18)9-17-21(19,20)14-5-4-12(3)15(16)8-14/h4-5,8,11,13,17H,6-7,9-10,16H2,1-3H3. The maximum absolute atomic E-state index is 12.3. The van der Waals surface area contributed by atoms with Crippen LogP contribution in [0.3, 0.4) is 0 Å². The quantitative estimate of drug-likeness (QED) is 0.810. The molecule has 1 aliphatic rings. The van der Waals surface area contributed by atoms with Crippen LogP contribution in [-0.2, 0) is 10.0 Å². The molecule has 1 unspecified atom stereocenters. The lowest BCUT2D eigenvalue weighted by Crippen LogP contribution is -2.33. The number of nitrogens with two attached hydrogens (primary N) is 1. The number of anilines is 1. The molecule has 1 heterocycles. The van der Waals surface area contributed by atoms with Gasteiger partial charge in [-0.05, 0) is 57.4 Å². The third-order valence-electron chi connectivity index (χ3n) is 4.17. The molecule has 6 heteroatoms. The van der Waals surface area contributed by atoms with Crippen LogP contribution in [0.1, 0.15) is 25.8 Å². The van der Waals surface area contributed by atoms with E-state index in [1.165, 1.54) is 6.07 Å². The second kappa shape index (κ2) is 6.34. The Bertz CT molecular complexity index is 599. The monoisotopic (exact) mass is 311 g/mol. The third kappa shape index (κ3) is 3.96. The minimum atomic E-state index is -3.47. The predicted octanol–water partition coefficient (Wildman–Crippen LogP) is 1.59. The number of nitrogens with one attached hydrogen (secondary N) is 1. The van der Waals surface area contributed by atoms with Crippen molar-refractivity contribution < 1.29 is 8.42 Å². The molecule has 3 N–H and O–H groups in total. The Hall–Kier alpha value is -1.11. The number of likely N-dealkylation sites (tertiary alicyclic amines) is 1. The van der Waals surface area contributed by atoms with E-state index < -0.39 is 10.0 Å². The second-order valence-corrected chi connectivity index (χ2v) is 7.88. The zero-order valence-electron chi connectivity index (χ0n) is 13.0. The normalized spacial score (nSPS) is 20.3. The molecule has 1 atom stereocenters. The van der Waals surface area contributed by atoms with Gasteiger partial charge in [-0.3, -0.25) is 0 Å². The van der Waals surface area contributed by atoms with Gasteiger partial charge in [0.15, 0.2) is 0 Å². The van der Waals surface area contributed by atoms with Crippen LogP contribution in [-0.4, -0.2) is 39.0 Å². The number of rotatable bonds is 5. The lowest BCUT2D eigenvalue weighted by atomic mass is 10.1. The Balaban J connectivity index is 1.97. The number of aryl methyl sites for hydroxylation is 1. The van der Waals surface area contributed by atoms with Gasteiger partial charge in [0, 0.05) is 24.8 Å². The highest BCUT2D eigenvalue weighted by Gasteiger charge is 2.25. The van der Waals surface area contributed by atoms with E-state index in [-0.39, 0.29) is 4.90 Å². The summed E-state index contributed by atoms with van der Waals surface area (Å²) in [5, 5.41) is 0. The zero-order valence-corrected chi connectivity index (χ0v) is 13.8. The summed E-state index contributed by atoms with van der Waals surface area (Å²) in [7, 11) is -3.47. The van der Waals surface area contributed by atoms with E-state index in [2.05, 4.69) is 23.5 Å². The lowest BCUT2D eigenvalue weighted by Gasteiger charge is -2.20. The van der Waals surface area contributed by atoms with E-state index in [0.717, 1.165) is 25.1 Å². The van der Waals surface area contributed by atoms with Crippen LogP contribution in [0.25, 0.3) is 0 Å². The first kappa shape index (κ1) is 16.3. The van der Waals surface area contributed by atoms with E-state index in [9.17, 15) is 8.42 Å². The first-order chi connectivity index (χ1) is 9.79. The maximum Gasteiger partial charge on any atom is 0.240 e. The van der Waals surface area contributed by atoms with Gasteiger partial charge in [-0.1, -0.05) is 6.07 Å². The highest BCUT2D eigenvalue weighted by atomic mass is 32.2. The minimum absolute atomic E-state index is 0.240. The molecule has 0 amide bonds. The van der Waals surface area contributed by atoms with Gasteiger partial charge in [-0.15, -0.1) is 0 Å². The van der Waals surface area contributed by atoms with Gasteiger partial charge >= 0.3 is 0 Å². The molecule has 118 valence electrons. The molecule has 0 aromatic heterocycles. The molecule has 0 aliphatic carbocycles. The molecule has 0 spiro atoms. The molecule has 1 fully saturated rings. The highest BCUT2D eigenvalue weighted by Crippen LogP contribution is 2.20. The van der Waals surface area contributed by atoms with Gasteiger partial charge in [0.25, 0.3) is 0 Å². The summed E-state index contributed by atoms with van der Waals surface area (Å²) in [5.41, 5.74) is 7.18. The van der Waals surface area contributed by atoms with E-state index in [0.29, 0.717) is 24.2 Å². The van der Waals surface area contributed by atoms with E-state index in [1.807, 2.05) is 6.92 Å². The van der Waals surface area contributed by atoms with Crippen LogP contribution in [0, 0.1) is 12.8 Å². The first-order valence-corrected chi connectivity index (χ1v) is 8.88. The summed E-state index contributed by atoms with van der Waals surface area (Å²) >= 11 is 0. The van der Waals surface area contributed by atoms with Gasteiger partial charge in [0.1, 0.15) is 0 Å². The van der Waals surface area contributed by atoms with E-state index >= 15 is 0 Å². The second-order valence-electron chi connectivity index (χ2n) is 6.11. The topological polar surface area (TPSA) is 75.4 Å². The van der Waals surface area contributed by atoms with Crippen LogP contribution in [0.15, 0.2) is 23.1 Å². The van der Waals surface area contributed by atoms with E-state index in [1.54, 1.807) is 12.1 Å². The van der Waals surface area contributed by atoms with Crippen molar-refractivity contribution in [1.29, 1.82) is 0 Å². The van der Waals surface area contributed by atoms with Crippen molar-refractivity contribution in [1.82, 2.24) is 9.62 Å². The predicted molar refractivity (Wildman–Crippen MR) is 85.6 cm³/mol. The number of benzene rings is 1. The number of sulfonamides is 1. The Labute approximate surface area is 127 Å². The van der Waals surface area contributed by atoms with Gasteiger partial charge in [-0.2, -0.15) is 0 Å². The molecule has 1 aromatic rings. The molecular weight excluding hydrogens is 286 g/mol. The average molecular weight is 311 g/mol. The highest BCUT2D eigenvalue weighted by molar-refractivity contribution is 7.89. The Kier molecular flexibility index (Phi) is 4.91. The van der Waals surface area contributed by atoms with Crippen LogP contribution < -0.4 is 10.5 Å². The van der Waals surface area contributed by atoms with Crippen molar-refractivity contribution in [2.75, 3.05) is 25.4 Å². The molecule has 1 aromatic carbocycles. The first-order valence-electron chi connectivity index (χ1n) is 7.39. The summed E-state index contributed by atoms with van der Waals surface area (Å²) in [6, 6.07) is 5.37. The number of nitrogens with zero attached hydrogens (tertiary/aromatic N) is 1. The lowest BCUT2D eigenvalue weighted by molar-refractivity contribution is 0.265. The average Bonchev–Trinajstić information content (AvgIpc) is 2.89. The van der Waals surface area contributed by atoms with Crippen molar-refractivity contribution in [3.8, 4) is 0 Å². The summed E-state index contributed by atoms with van der Waals surface area (Å²) in [5.74, 6) is 0.380. The maximum atomic E-state index is 12.3. The number of hydrogen-bond donors (Lipinski definition) is 2. The largest absolute Gasteiger partial charge is 0.398 e. The number of hydrogen-bond acceptors (Lipinski definition) is 4. The van der Waals surface area contributed by atoms with Crippen molar-refractivity contribution in [2.45, 2.75) is 38.1 Å². The molecule has 0 bridgehead atoms. The molecule has 21 heavy (non-hydrogen) atoms. The van der Waals surface area contributed by atoms with Crippen molar-refractivity contribution in [2.24, 2.45) is 5.92 Å². The van der Waals surface area contributed by atoms with Crippen LogP contribution in [0.2, 0.25) is 0 Å². The van der Waals surface area contributed by atoms with Crippen LogP contribution in [0.4, 0.5) is 5.69 Å². The fraction of sp³-hybridized carbons (Fsp3) is 0.600. The van der Waals surface area contributed by atoms with Crippen LogP contribution >= 0.6 is 0 Å². The molecule has 2 rings (SSSR count). The van der Waals surface area contributed by atoms with Gasteiger partial charge in [0.05, 0.1) is 4.90 Å². The Morgan fingerprint density at radius 3 is 2.71 bits per heavy atom. The van der Waals surface area contributed by atoms with E-state index in [4.69, 9.17) is 5.73 Å². The summed E-state index contributed by atoms with van der Waals surface area (Å²) < 4.78 is 27.3. The van der Waals surface area contributed by atoms with Crippen molar-refractivity contribution in [3.05, 3.63) is 23.8 Å². The summed E-state index contributed by atoms with van der Waals surface area (Å²) in [6.45, 7) is 8.68. The Morgan fingerprint density at radius 1 is 1.43 bits per heavy atom. The molecular formula is C15H25N3O2S. The molecule has 5 nitrogen and oxygen atoms in total. The molecule has 1 aliphatic heterocycles. The summed E-state index contributed by atoms with van der Waals surface area (Å²) in [4.78, 5) is 2.62. The van der Waals surface area contributed by atoms with Gasteiger partial charge in [-0.25, -0.2) is 13.1 Å². The molecule has 0 radical (unpaired) electrons. The van der Waals surface area contributed by atoms with Gasteiger partial charge in [0.2, 0.25) is 10.0 Å². The van der Waals surface area contributed by atoms with Crippen molar-refractivity contribution >= 4 is 15.7 Å². The molecule has 0 saturated carbocycles. The Morgan fingerprint density at radius 2 is 2.14 bits per heavy atom. The minimum Gasteiger partial charge on any atom is -0.398 e. The van der Waals surface area contributed by atoms with Gasteiger partial charge < -0.3 is 10.6 Å².